The predicted molar refractivity (Wildman–Crippen MR) is 121 cm³/mol. The van der Waals surface area contributed by atoms with Crippen LogP contribution in [0.15, 0.2) is 58.2 Å². The van der Waals surface area contributed by atoms with Crippen LogP contribution in [0.4, 0.5) is 13.2 Å². The molecule has 0 saturated heterocycles. The van der Waals surface area contributed by atoms with Crippen molar-refractivity contribution in [3.8, 4) is 39.8 Å². The van der Waals surface area contributed by atoms with E-state index in [2.05, 4.69) is 10.1 Å². The lowest BCUT2D eigenvalue weighted by molar-refractivity contribution is -0.137. The predicted octanol–water partition coefficient (Wildman–Crippen LogP) is 5.08. The molecule has 35 heavy (non-hydrogen) atoms. The van der Waals surface area contributed by atoms with E-state index in [1.165, 1.54) is 38.9 Å². The van der Waals surface area contributed by atoms with Gasteiger partial charge in [-0.05, 0) is 49.1 Å². The number of hydrogen-bond donors (Lipinski definition) is 0. The first-order valence-electron chi connectivity index (χ1n) is 10.8. The molecule has 1 aliphatic carbocycles. The van der Waals surface area contributed by atoms with Gasteiger partial charge < -0.3 is 13.9 Å². The van der Waals surface area contributed by atoms with Crippen molar-refractivity contribution in [3.05, 3.63) is 76.0 Å². The number of nitrogens with zero attached hydrogens (tertiary/aromatic N) is 3. The topological polar surface area (TPSA) is 79.4 Å². The monoisotopic (exact) mass is 483 g/mol. The van der Waals surface area contributed by atoms with E-state index >= 15 is 0 Å². The van der Waals surface area contributed by atoms with Crippen molar-refractivity contribution in [3.63, 3.8) is 0 Å². The molecule has 7 nitrogen and oxygen atoms in total. The van der Waals surface area contributed by atoms with E-state index in [9.17, 15) is 18.0 Å². The summed E-state index contributed by atoms with van der Waals surface area (Å²) in [6, 6.07) is 8.56. The van der Waals surface area contributed by atoms with E-state index in [1.807, 2.05) is 0 Å². The van der Waals surface area contributed by atoms with Crippen molar-refractivity contribution in [2.45, 2.75) is 25.4 Å². The molecule has 2 aromatic heterocycles. The molecule has 2 heterocycles. The number of hydrogen-bond acceptors (Lipinski definition) is 6. The van der Waals surface area contributed by atoms with Crippen molar-refractivity contribution in [1.29, 1.82) is 0 Å². The SMILES string of the molecule is COc1cc(OC)cc(-c2nn(-c3cc(-c4cnco4)ccc3C(F)(F)F)c(=O)c3c2CCC3)c1. The van der Waals surface area contributed by atoms with E-state index < -0.39 is 17.3 Å². The molecule has 0 spiro atoms. The lowest BCUT2D eigenvalue weighted by Gasteiger charge is -2.18. The highest BCUT2D eigenvalue weighted by Gasteiger charge is 2.36. The number of ether oxygens (including phenoxy) is 2. The Kier molecular flexibility index (Phi) is 5.58. The summed E-state index contributed by atoms with van der Waals surface area (Å²) in [6.45, 7) is 0. The maximum absolute atomic E-state index is 14.0. The molecule has 4 aromatic rings. The first-order chi connectivity index (χ1) is 16.8. The number of alkyl halides is 3. The fourth-order valence-electron chi connectivity index (χ4n) is 4.37. The number of aromatic nitrogens is 3. The van der Waals surface area contributed by atoms with E-state index in [0.717, 1.165) is 16.3 Å². The van der Waals surface area contributed by atoms with Gasteiger partial charge in [-0.25, -0.2) is 4.98 Å². The van der Waals surface area contributed by atoms with Crippen LogP contribution in [0.3, 0.4) is 0 Å². The minimum Gasteiger partial charge on any atom is -0.497 e. The van der Waals surface area contributed by atoms with Crippen molar-refractivity contribution < 1.29 is 27.1 Å². The van der Waals surface area contributed by atoms with Gasteiger partial charge in [0, 0.05) is 22.8 Å². The molecule has 0 bridgehead atoms. The molecule has 180 valence electrons. The lowest BCUT2D eigenvalue weighted by Crippen LogP contribution is -2.28. The largest absolute Gasteiger partial charge is 0.497 e. The molecular formula is C25H20F3N3O4. The molecule has 0 unspecified atom stereocenters. The zero-order valence-corrected chi connectivity index (χ0v) is 18.8. The zero-order valence-electron chi connectivity index (χ0n) is 18.8. The van der Waals surface area contributed by atoms with Crippen LogP contribution in [0, 0.1) is 0 Å². The van der Waals surface area contributed by atoms with Crippen LogP contribution >= 0.6 is 0 Å². The van der Waals surface area contributed by atoms with Crippen LogP contribution in [-0.4, -0.2) is 29.0 Å². The van der Waals surface area contributed by atoms with Gasteiger partial charge in [0.1, 0.15) is 11.5 Å². The fraction of sp³-hybridized carbons (Fsp3) is 0.240. The Bertz CT molecular complexity index is 1440. The van der Waals surface area contributed by atoms with Crippen molar-refractivity contribution >= 4 is 0 Å². The smallest absolute Gasteiger partial charge is 0.418 e. The first kappa shape index (κ1) is 22.7. The summed E-state index contributed by atoms with van der Waals surface area (Å²) in [6.07, 6.45) is -0.394. The summed E-state index contributed by atoms with van der Waals surface area (Å²) >= 11 is 0. The number of rotatable bonds is 5. The number of fused-ring (bicyclic) bond motifs is 1. The van der Waals surface area contributed by atoms with Crippen LogP contribution in [0.1, 0.15) is 23.1 Å². The minimum absolute atomic E-state index is 0.270. The number of benzene rings is 2. The van der Waals surface area contributed by atoms with Gasteiger partial charge in [0.25, 0.3) is 5.56 Å². The van der Waals surface area contributed by atoms with E-state index in [4.69, 9.17) is 13.9 Å². The summed E-state index contributed by atoms with van der Waals surface area (Å²) in [5.41, 5.74) is 0.558. The van der Waals surface area contributed by atoms with Gasteiger partial charge in [0.05, 0.1) is 37.4 Å². The normalized spacial score (nSPS) is 13.1. The third kappa shape index (κ3) is 4.05. The van der Waals surface area contributed by atoms with Crippen LogP contribution in [0.5, 0.6) is 11.5 Å². The third-order valence-electron chi connectivity index (χ3n) is 6.03. The van der Waals surface area contributed by atoms with Gasteiger partial charge in [-0.2, -0.15) is 23.0 Å². The quantitative estimate of drug-likeness (QED) is 0.394. The molecule has 2 aromatic carbocycles. The Balaban J connectivity index is 1.80. The Morgan fingerprint density at radius 2 is 1.69 bits per heavy atom. The van der Waals surface area contributed by atoms with Gasteiger partial charge in [-0.1, -0.05) is 6.07 Å². The Hall–Kier alpha value is -4.08. The molecule has 0 amide bonds. The number of oxazole rings is 1. The van der Waals surface area contributed by atoms with Gasteiger partial charge in [-0.15, -0.1) is 0 Å². The molecule has 0 atom stereocenters. The molecule has 0 aliphatic heterocycles. The second kappa shape index (κ2) is 8.61. The van der Waals surface area contributed by atoms with Crippen LogP contribution in [-0.2, 0) is 19.0 Å². The van der Waals surface area contributed by atoms with Gasteiger partial charge >= 0.3 is 6.18 Å². The average molecular weight is 483 g/mol. The second-order valence-electron chi connectivity index (χ2n) is 8.07. The summed E-state index contributed by atoms with van der Waals surface area (Å²) in [5.74, 6) is 1.26. The molecule has 0 fully saturated rings. The van der Waals surface area contributed by atoms with Crippen LogP contribution in [0.2, 0.25) is 0 Å². The van der Waals surface area contributed by atoms with Gasteiger partial charge in [-0.3, -0.25) is 4.79 Å². The highest BCUT2D eigenvalue weighted by molar-refractivity contribution is 5.69. The maximum Gasteiger partial charge on any atom is 0.418 e. The second-order valence-corrected chi connectivity index (χ2v) is 8.07. The average Bonchev–Trinajstić information content (AvgIpc) is 3.56. The van der Waals surface area contributed by atoms with Gasteiger partial charge in [0.2, 0.25) is 0 Å². The molecule has 0 saturated carbocycles. The molecule has 0 N–H and O–H groups in total. The van der Waals surface area contributed by atoms with E-state index in [0.29, 0.717) is 53.1 Å². The van der Waals surface area contributed by atoms with Crippen molar-refractivity contribution in [1.82, 2.24) is 14.8 Å². The molecule has 5 rings (SSSR count). The summed E-state index contributed by atoms with van der Waals surface area (Å²) < 4.78 is 58.9. The molecular weight excluding hydrogens is 463 g/mol. The maximum atomic E-state index is 14.0. The highest BCUT2D eigenvalue weighted by Crippen LogP contribution is 2.38. The van der Waals surface area contributed by atoms with Crippen molar-refractivity contribution in [2.24, 2.45) is 0 Å². The van der Waals surface area contributed by atoms with Crippen LogP contribution < -0.4 is 15.0 Å². The number of methoxy groups -OCH3 is 2. The van der Waals surface area contributed by atoms with Crippen molar-refractivity contribution in [2.75, 3.05) is 14.2 Å². The van der Waals surface area contributed by atoms with E-state index in [1.54, 1.807) is 18.2 Å². The summed E-state index contributed by atoms with van der Waals surface area (Å²) in [7, 11) is 3.00. The minimum atomic E-state index is -4.71. The summed E-state index contributed by atoms with van der Waals surface area (Å²) in [4.78, 5) is 17.2. The Morgan fingerprint density at radius 3 is 2.31 bits per heavy atom. The lowest BCUT2D eigenvalue weighted by atomic mass is 10.0. The van der Waals surface area contributed by atoms with E-state index in [-0.39, 0.29) is 11.4 Å². The summed E-state index contributed by atoms with van der Waals surface area (Å²) in [5, 5.41) is 4.48. The third-order valence-corrected chi connectivity index (χ3v) is 6.03. The number of halogens is 3. The Morgan fingerprint density at radius 1 is 0.971 bits per heavy atom. The standard InChI is InChI=1S/C25H20F3N3O4/c1-33-16-8-15(9-17(11-16)34-2)23-18-4-3-5-19(18)24(32)31(30-23)21-10-14(22-12-29-13-35-22)6-7-20(21)25(26,27)28/h6-13H,3-5H2,1-2H3. The Labute approximate surface area is 197 Å². The molecule has 10 heteroatoms. The molecule has 1 aliphatic rings. The first-order valence-corrected chi connectivity index (χ1v) is 10.8. The molecule has 0 radical (unpaired) electrons. The highest BCUT2D eigenvalue weighted by atomic mass is 19.4. The zero-order chi connectivity index (χ0) is 24.7. The van der Waals surface area contributed by atoms with Gasteiger partial charge in [0.15, 0.2) is 12.2 Å². The fourth-order valence-corrected chi connectivity index (χ4v) is 4.37. The van der Waals surface area contributed by atoms with Crippen LogP contribution in [0.25, 0.3) is 28.3 Å².